The first-order valence-electron chi connectivity index (χ1n) is 35.5. The van der Waals surface area contributed by atoms with Gasteiger partial charge in [-0.25, -0.2) is 28.8 Å². The fourth-order valence-electron chi connectivity index (χ4n) is 14.2. The van der Waals surface area contributed by atoms with Crippen LogP contribution in [0.1, 0.15) is 136 Å². The highest BCUT2D eigenvalue weighted by molar-refractivity contribution is 5.99. The van der Waals surface area contributed by atoms with E-state index in [1.165, 1.54) is 64.4 Å². The van der Waals surface area contributed by atoms with Crippen molar-refractivity contribution in [2.75, 3.05) is 73.1 Å². The van der Waals surface area contributed by atoms with E-state index in [0.29, 0.717) is 11.3 Å². The lowest BCUT2D eigenvalue weighted by atomic mass is 9.44. The molecule has 107 heavy (non-hydrogen) atoms. The van der Waals surface area contributed by atoms with Crippen molar-refractivity contribution in [3.63, 3.8) is 0 Å². The number of carbonyl (C=O) groups is 12. The number of alkyl carbamates (subject to hydrolysis) is 1. The fraction of sp³-hybridized carbons (Fsp3) is 0.579. The summed E-state index contributed by atoms with van der Waals surface area (Å²) < 4.78 is 60.5. The molecule has 3 fully saturated rings. The average molecular weight is 1500 g/mol. The molecule has 586 valence electrons. The topological polar surface area (TPSA) is 410 Å². The van der Waals surface area contributed by atoms with Crippen LogP contribution in [-0.2, 0) is 87.5 Å². The summed E-state index contributed by atoms with van der Waals surface area (Å²) in [5.74, 6) is -7.92. The van der Waals surface area contributed by atoms with Crippen molar-refractivity contribution in [2.45, 2.75) is 187 Å². The van der Waals surface area contributed by atoms with E-state index in [9.17, 15) is 53.1 Å². The summed E-state index contributed by atoms with van der Waals surface area (Å²) in [6.07, 6.45) is -12.2. The van der Waals surface area contributed by atoms with Crippen LogP contribution in [0.25, 0.3) is 0 Å². The highest BCUT2D eigenvalue weighted by atomic mass is 16.6. The standard InChI is InChI=1S/C76H104N8O23/c1-42(2)51(86)39-100-40-55(87)81-57(43(3)4)65(90)80-50(28-23-33-78-68(77)93)64(89)79-49-31-29-46(30-32-49)38-101-70(95)83(13)34-35-84(14)71(96)104-60(58(47-24-19-17-20-25-47)82-69(94)107-72(7,8)9)67(92)103-52-37-76(97)63(105-66(91)48-26-21-18-22-27-48)61-74(12,62(88)59(99-16)56(44(52)5)73(76,10)11)53(98-15)36-54-75(61,41-102-54)106-45(6)85/h17-22,24-27,29-32,42-43,50,52-54,57-61,63,97H,23,28,33-41H2,1-16H3,(H,79,89)(H,80,90)(H,81,87)(H,82,94)(H3,77,78,93)/t50-,52-,53-,54+,57-,58-,59+,60?,61-,63-,74+,75-,76+/m0/s1. The van der Waals surface area contributed by atoms with Gasteiger partial charge in [-0.1, -0.05) is 102 Å². The van der Waals surface area contributed by atoms with Crippen LogP contribution < -0.4 is 32.3 Å². The summed E-state index contributed by atoms with van der Waals surface area (Å²) >= 11 is 0. The number of nitrogens with two attached hydrogens (primary N) is 1. The number of amides is 8. The number of nitrogens with one attached hydrogen (secondary N) is 5. The Bertz CT molecular complexity index is 3750. The summed E-state index contributed by atoms with van der Waals surface area (Å²) in [6.45, 7) is 17.6. The second kappa shape index (κ2) is 35.9. The molecule has 8 N–H and O–H groups in total. The molecule has 13 atom stereocenters. The molecule has 31 heteroatoms. The number of esters is 3. The Morgan fingerprint density at radius 1 is 0.785 bits per heavy atom. The number of ether oxygens (including phenoxy) is 10. The van der Waals surface area contributed by atoms with Crippen LogP contribution in [0.3, 0.4) is 0 Å². The van der Waals surface area contributed by atoms with Crippen LogP contribution in [-0.4, -0.2) is 220 Å². The van der Waals surface area contributed by atoms with Crippen LogP contribution in [0.15, 0.2) is 96.1 Å². The molecule has 2 saturated carbocycles. The molecule has 1 unspecified atom stereocenters. The van der Waals surface area contributed by atoms with Gasteiger partial charge >= 0.3 is 42.2 Å². The van der Waals surface area contributed by atoms with E-state index in [-0.39, 0.29) is 92.7 Å². The molecule has 0 aromatic heterocycles. The Morgan fingerprint density at radius 3 is 1.97 bits per heavy atom. The number of Topliss-reactive ketones (excluding diaryl/α,β-unsaturated/α-hetero) is 2. The predicted octanol–water partition coefficient (Wildman–Crippen LogP) is 6.17. The lowest BCUT2D eigenvalue weighted by Crippen LogP contribution is -2.82. The first kappa shape index (κ1) is 84.7. The van der Waals surface area contributed by atoms with Crippen LogP contribution in [0, 0.1) is 28.6 Å². The maximum atomic E-state index is 16.0. The smallest absolute Gasteiger partial charge is 0.410 e. The molecule has 1 aliphatic heterocycles. The lowest BCUT2D eigenvalue weighted by molar-refractivity contribution is -0.347. The van der Waals surface area contributed by atoms with E-state index in [1.807, 2.05) is 0 Å². The second-order valence-electron chi connectivity index (χ2n) is 29.8. The number of aliphatic hydroxyl groups is 1. The molecule has 1 saturated heterocycles. The number of ketones is 2. The number of urea groups is 1. The minimum absolute atomic E-state index is 0.0370. The van der Waals surface area contributed by atoms with Crippen molar-refractivity contribution in [1.82, 2.24) is 31.1 Å². The Hall–Kier alpha value is -9.56. The number of benzene rings is 3. The van der Waals surface area contributed by atoms with Gasteiger partial charge in [0.05, 0.1) is 29.6 Å². The van der Waals surface area contributed by atoms with E-state index in [4.69, 9.17) is 53.1 Å². The number of primary amides is 1. The van der Waals surface area contributed by atoms with Crippen molar-refractivity contribution in [3.05, 3.63) is 113 Å². The zero-order chi connectivity index (χ0) is 79.3. The first-order valence-corrected chi connectivity index (χ1v) is 35.5. The number of hydrogen-bond donors (Lipinski definition) is 7. The van der Waals surface area contributed by atoms with Gasteiger partial charge in [-0.3, -0.25) is 28.8 Å². The van der Waals surface area contributed by atoms with E-state index in [2.05, 4.69) is 26.6 Å². The molecule has 4 aliphatic rings. The van der Waals surface area contributed by atoms with Crippen molar-refractivity contribution in [3.8, 4) is 0 Å². The summed E-state index contributed by atoms with van der Waals surface area (Å²) in [5, 5.41) is 27.4. The van der Waals surface area contributed by atoms with Gasteiger partial charge in [0.25, 0.3) is 0 Å². The first-order chi connectivity index (χ1) is 50.2. The normalized spacial score (nSPS) is 23.9. The largest absolute Gasteiger partial charge is 0.455 e. The van der Waals surface area contributed by atoms with Gasteiger partial charge in [-0.05, 0) is 99.9 Å². The quantitative estimate of drug-likeness (QED) is 0.0164. The molecular formula is C76H104N8O23. The molecule has 1 heterocycles. The maximum absolute atomic E-state index is 16.0. The van der Waals surface area contributed by atoms with Gasteiger partial charge in [0.1, 0.15) is 73.6 Å². The third-order valence-corrected chi connectivity index (χ3v) is 20.2. The molecule has 2 bridgehead atoms. The highest BCUT2D eigenvalue weighted by Gasteiger charge is 2.78. The minimum Gasteiger partial charge on any atom is -0.455 e. The third kappa shape index (κ3) is 20.0. The van der Waals surface area contributed by atoms with Crippen LogP contribution in [0.4, 0.5) is 24.9 Å². The number of likely N-dealkylation sites (N-methyl/N-ethyl adjacent to an activating group) is 2. The molecule has 0 radical (unpaired) electrons. The van der Waals surface area contributed by atoms with Gasteiger partial charge in [-0.2, -0.15) is 0 Å². The zero-order valence-electron chi connectivity index (χ0n) is 63.7. The Balaban J connectivity index is 1.11. The number of rotatable bonds is 31. The van der Waals surface area contributed by atoms with Gasteiger partial charge in [0.15, 0.2) is 17.2 Å². The summed E-state index contributed by atoms with van der Waals surface area (Å²) in [6, 6.07) is 17.5. The monoisotopic (exact) mass is 1500 g/mol. The van der Waals surface area contributed by atoms with E-state index >= 15 is 9.59 Å². The number of methoxy groups -OCH3 is 2. The van der Waals surface area contributed by atoms with E-state index < -0.39 is 173 Å². The van der Waals surface area contributed by atoms with Crippen LogP contribution >= 0.6 is 0 Å². The van der Waals surface area contributed by atoms with Crippen molar-refractivity contribution in [1.29, 1.82) is 0 Å². The van der Waals surface area contributed by atoms with E-state index in [1.54, 1.807) is 137 Å². The molecule has 31 nitrogen and oxygen atoms in total. The number of fused-ring (bicyclic) bond motifs is 5. The van der Waals surface area contributed by atoms with Crippen molar-refractivity contribution in [2.24, 2.45) is 34.3 Å². The highest BCUT2D eigenvalue weighted by Crippen LogP contribution is 2.65. The van der Waals surface area contributed by atoms with Crippen LogP contribution in [0.2, 0.25) is 0 Å². The molecule has 3 aromatic rings. The Labute approximate surface area is 622 Å². The summed E-state index contributed by atoms with van der Waals surface area (Å²) in [4.78, 5) is 168. The lowest BCUT2D eigenvalue weighted by Gasteiger charge is -2.67. The van der Waals surface area contributed by atoms with Crippen molar-refractivity contribution < 1.29 is 110 Å². The predicted molar refractivity (Wildman–Crippen MR) is 384 cm³/mol. The summed E-state index contributed by atoms with van der Waals surface area (Å²) in [5.41, 5.74) is -1.94. The third-order valence-electron chi connectivity index (χ3n) is 20.2. The second-order valence-corrected chi connectivity index (χ2v) is 29.8. The fourth-order valence-corrected chi connectivity index (χ4v) is 14.2. The van der Waals surface area contributed by atoms with Gasteiger partial charge in [0, 0.05) is 84.7 Å². The summed E-state index contributed by atoms with van der Waals surface area (Å²) in [7, 11) is 5.44. The zero-order valence-corrected chi connectivity index (χ0v) is 63.7. The SMILES string of the molecule is CO[C@H]1C(=O)[C@]2(C)[C@@H](OC)C[C@H]3OC[C@@]3(OC(C)=O)[C@H]2[C@H](OC(=O)c2ccccc2)[C@]2(O)C[C@H](OC(=O)C(OC(=O)N(C)CCN(C)C(=O)OCc3ccc(NC(=O)[C@H](CCCNC(N)=O)NC(=O)[C@@H](NC(=O)COCC(=O)C(C)C)C(C)C)cc3)[C@@H](NC(=O)OC(C)(C)C)c3ccccc3)C(C)=C1C2(C)C. The molecule has 8 amide bonds. The molecule has 3 aromatic carbocycles. The van der Waals surface area contributed by atoms with Gasteiger partial charge in [0.2, 0.25) is 23.8 Å². The average Bonchev–Trinajstić information content (AvgIpc) is 0.668. The maximum Gasteiger partial charge on any atom is 0.410 e. The Morgan fingerprint density at radius 2 is 1.41 bits per heavy atom. The number of nitrogens with zero attached hydrogens (tertiary/aromatic N) is 2. The molecule has 3 aliphatic carbocycles. The number of anilines is 1. The van der Waals surface area contributed by atoms with Gasteiger partial charge in [-0.15, -0.1) is 0 Å². The van der Waals surface area contributed by atoms with Gasteiger partial charge < -0.3 is 94.6 Å². The Kier molecular flexibility index (Phi) is 28.4. The molecular weight excluding hydrogens is 1390 g/mol. The molecule has 7 rings (SSSR count). The van der Waals surface area contributed by atoms with Crippen LogP contribution in [0.5, 0.6) is 0 Å². The van der Waals surface area contributed by atoms with E-state index in [0.717, 1.165) is 4.90 Å². The minimum atomic E-state index is -2.40. The number of hydrogen-bond acceptors (Lipinski definition) is 23. The van der Waals surface area contributed by atoms with Crippen molar-refractivity contribution >= 4 is 77.2 Å². The molecule has 0 spiro atoms. The number of carbonyl (C=O) groups excluding carboxylic acids is 12.